The summed E-state index contributed by atoms with van der Waals surface area (Å²) in [6.45, 7) is 29.6. The Bertz CT molecular complexity index is 2100. The Labute approximate surface area is 334 Å². The van der Waals surface area contributed by atoms with Gasteiger partial charge in [0.05, 0.1) is 0 Å². The third kappa shape index (κ3) is 9.00. The van der Waals surface area contributed by atoms with Gasteiger partial charge >= 0.3 is 0 Å². The van der Waals surface area contributed by atoms with E-state index < -0.39 is 0 Å². The fourth-order valence-corrected chi connectivity index (χ4v) is 6.39. The monoisotopic (exact) mass is 885 g/mol. The van der Waals surface area contributed by atoms with Crippen LogP contribution in [0, 0.1) is 6.67 Å². The topological polar surface area (TPSA) is 32.9 Å². The van der Waals surface area contributed by atoms with Gasteiger partial charge in [-0.25, -0.2) is 0 Å². The van der Waals surface area contributed by atoms with E-state index in [9.17, 15) is 0 Å². The average Bonchev–Trinajstić information content (AvgIpc) is 3.70. The quantitative estimate of drug-likeness (QED) is 0.131. The molecule has 0 N–H and O–H groups in total. The molecule has 1 radical (unpaired) electrons. The fraction of sp³-hybridized carbons (Fsp3) is 0.333. The van der Waals surface area contributed by atoms with Crippen LogP contribution >= 0.6 is 0 Å². The van der Waals surface area contributed by atoms with Gasteiger partial charge in [0, 0.05) is 39.3 Å². The van der Waals surface area contributed by atoms with Crippen LogP contribution in [0.15, 0.2) is 120 Å². The van der Waals surface area contributed by atoms with Gasteiger partial charge in [-0.15, -0.1) is 17.7 Å². The Morgan fingerprint density at radius 1 is 0.472 bits per heavy atom. The number of nitrogens with zero attached hydrogens (tertiary/aromatic N) is 4. The molecule has 4 nitrogen and oxygen atoms in total. The maximum atomic E-state index is 5.24. The van der Waals surface area contributed by atoms with Crippen LogP contribution < -0.4 is 14.9 Å². The van der Waals surface area contributed by atoms with Crippen LogP contribution in [0.5, 0.6) is 0 Å². The van der Waals surface area contributed by atoms with Crippen molar-refractivity contribution in [1.82, 2.24) is 4.98 Å². The first kappa shape index (κ1) is 40.1. The summed E-state index contributed by atoms with van der Waals surface area (Å²) in [4.78, 5) is 6.78. The third-order valence-corrected chi connectivity index (χ3v) is 9.87. The summed E-state index contributed by atoms with van der Waals surface area (Å²) in [6, 6.07) is 41.0. The summed E-state index contributed by atoms with van der Waals surface area (Å²) in [7, 11) is 0. The number of hydrogen-bond acceptors (Lipinski definition) is 3. The summed E-state index contributed by atoms with van der Waals surface area (Å²) in [5.41, 5.74) is 10.9. The second-order valence-corrected chi connectivity index (χ2v) is 18.3. The molecule has 0 amide bonds. The van der Waals surface area contributed by atoms with Crippen LogP contribution in [-0.4, -0.2) is 5.84 Å². The zero-order valence-corrected chi connectivity index (χ0v) is 35.8. The van der Waals surface area contributed by atoms with Crippen molar-refractivity contribution in [3.8, 4) is 0 Å². The molecule has 0 unspecified atom stereocenters. The van der Waals surface area contributed by atoms with Crippen LogP contribution in [0.4, 0.5) is 11.4 Å². The molecule has 0 aliphatic carbocycles. The molecule has 0 fully saturated rings. The van der Waals surface area contributed by atoms with E-state index in [0.29, 0.717) is 0 Å². The maximum Gasteiger partial charge on any atom is 0.129 e. The molecule has 1 aromatic heterocycles. The summed E-state index contributed by atoms with van der Waals surface area (Å²) in [5, 5.41) is 9.80. The van der Waals surface area contributed by atoms with E-state index in [0.717, 1.165) is 33.8 Å². The van der Waals surface area contributed by atoms with Crippen LogP contribution in [0.1, 0.15) is 111 Å². The van der Waals surface area contributed by atoms with Gasteiger partial charge in [-0.3, -0.25) is 0 Å². The van der Waals surface area contributed by atoms with Crippen LogP contribution in [0.2, 0.25) is 0 Å². The Hall–Kier alpha value is -4.09. The first-order valence-electron chi connectivity index (χ1n) is 18.6. The predicted octanol–water partition coefficient (Wildman–Crippen LogP) is 12.6. The molecule has 0 atom stereocenters. The Balaban J connectivity index is 0.000000321. The Morgan fingerprint density at radius 2 is 0.849 bits per heavy atom. The van der Waals surface area contributed by atoms with Crippen molar-refractivity contribution in [3.63, 3.8) is 0 Å². The number of anilines is 2. The summed E-state index contributed by atoms with van der Waals surface area (Å²) in [5.74, 6) is 0.931. The molecule has 5 heteroatoms. The smallest absolute Gasteiger partial charge is 0.129 e. The van der Waals surface area contributed by atoms with Crippen molar-refractivity contribution in [2.45, 2.75) is 105 Å². The average molecular weight is 886 g/mol. The van der Waals surface area contributed by atoms with Crippen molar-refractivity contribution in [2.75, 3.05) is 9.91 Å². The molecule has 281 valence electrons. The minimum absolute atomic E-state index is 0. The SMILES string of the molecule is CC(C)(C)c1cc(N2[CH-]N(c3cc(C(C)(C)C)cc(C(C)(C)C)c3)C(c3ccccc3)=N2)cc(C(C)(C)C)c1.[Au].c1ccc2c(c1)[n-]c1ccccc12. The maximum absolute atomic E-state index is 5.24. The first-order valence-corrected chi connectivity index (χ1v) is 18.6. The third-order valence-electron chi connectivity index (χ3n) is 9.87. The van der Waals surface area contributed by atoms with E-state index in [4.69, 9.17) is 5.10 Å². The van der Waals surface area contributed by atoms with E-state index in [2.05, 4.69) is 208 Å². The van der Waals surface area contributed by atoms with E-state index in [1.54, 1.807) is 0 Å². The van der Waals surface area contributed by atoms with Crippen molar-refractivity contribution in [3.05, 3.63) is 150 Å². The van der Waals surface area contributed by atoms with E-state index in [-0.39, 0.29) is 44.0 Å². The molecule has 53 heavy (non-hydrogen) atoms. The number of hydrazone groups is 1. The molecule has 0 saturated heterocycles. The second kappa shape index (κ2) is 15.0. The number of fused-ring (bicyclic) bond motifs is 3. The van der Waals surface area contributed by atoms with Gasteiger partial charge in [0.2, 0.25) is 0 Å². The molecule has 0 spiro atoms. The summed E-state index contributed by atoms with van der Waals surface area (Å²) in [6.07, 6.45) is 0. The van der Waals surface area contributed by atoms with E-state index >= 15 is 0 Å². The van der Waals surface area contributed by atoms with E-state index in [1.165, 1.54) is 33.0 Å². The van der Waals surface area contributed by atoms with Crippen molar-refractivity contribution < 1.29 is 22.4 Å². The molecule has 1 aliphatic rings. The second-order valence-electron chi connectivity index (χ2n) is 18.3. The molecular weight excluding hydrogens is 830 g/mol. The molecule has 0 saturated carbocycles. The van der Waals surface area contributed by atoms with Gasteiger partial charge in [0.1, 0.15) is 5.84 Å². The number of benzene rings is 5. The van der Waals surface area contributed by atoms with Crippen LogP contribution in [0.25, 0.3) is 21.8 Å². The van der Waals surface area contributed by atoms with Gasteiger partial charge in [0.25, 0.3) is 0 Å². The molecule has 5 aromatic carbocycles. The number of para-hydroxylation sites is 2. The molecule has 0 bridgehead atoms. The van der Waals surface area contributed by atoms with Gasteiger partial charge in [-0.2, -0.15) is 5.10 Å². The fourth-order valence-electron chi connectivity index (χ4n) is 6.39. The largest absolute Gasteiger partial charge is 0.657 e. The van der Waals surface area contributed by atoms with Gasteiger partial charge in [0.15, 0.2) is 0 Å². The van der Waals surface area contributed by atoms with Crippen molar-refractivity contribution in [1.29, 1.82) is 0 Å². The van der Waals surface area contributed by atoms with Gasteiger partial charge < -0.3 is 14.9 Å². The normalized spacial score (nSPS) is 13.8. The summed E-state index contributed by atoms with van der Waals surface area (Å²) >= 11 is 0. The Kier molecular flexibility index (Phi) is 11.3. The minimum atomic E-state index is 0. The molecule has 6 aromatic rings. The first-order chi connectivity index (χ1) is 24.3. The molecule has 7 rings (SSSR count). The zero-order valence-electron chi connectivity index (χ0n) is 33.6. The predicted molar refractivity (Wildman–Crippen MR) is 225 cm³/mol. The minimum Gasteiger partial charge on any atom is -0.657 e. The zero-order chi connectivity index (χ0) is 37.6. The standard InChI is InChI=1S/C36H48N3.C12H8N.Au/c1-33(2,3)26-18-27(34(4,5)6)21-30(20-26)38-24-39(37-32(38)25-16-14-13-15-17-25)31-22-28(35(7,8)9)19-29(23-31)36(10,11)12;1-3-7-11-9(5-1)10-6-2-4-8-12(10)13-11;/h13-24H,1-12H3;1-8H;/q2*-1;. The van der Waals surface area contributed by atoms with Crippen LogP contribution in [-0.2, 0) is 44.0 Å². The Morgan fingerprint density at radius 3 is 1.26 bits per heavy atom. The number of amidine groups is 1. The summed E-state index contributed by atoms with van der Waals surface area (Å²) < 4.78 is 0. The van der Waals surface area contributed by atoms with E-state index in [1.807, 2.05) is 12.1 Å². The van der Waals surface area contributed by atoms with Gasteiger partial charge in [-0.05, 0) is 79.0 Å². The van der Waals surface area contributed by atoms with Crippen LogP contribution in [0.3, 0.4) is 0 Å². The number of rotatable bonds is 3. The van der Waals surface area contributed by atoms with Gasteiger partial charge in [-0.1, -0.05) is 174 Å². The van der Waals surface area contributed by atoms with Crippen molar-refractivity contribution >= 4 is 39.0 Å². The van der Waals surface area contributed by atoms with Crippen molar-refractivity contribution in [2.24, 2.45) is 5.10 Å². The molecule has 2 heterocycles. The number of hydrogen-bond donors (Lipinski definition) is 0. The number of aromatic nitrogens is 1. The molecule has 1 aliphatic heterocycles. The molecular formula is C48H56AuN4-2.